The van der Waals surface area contributed by atoms with Gasteiger partial charge in [0, 0.05) is 7.05 Å². The minimum atomic E-state index is -0.0181. The topological polar surface area (TPSA) is 36.9 Å². The molecule has 0 aliphatic carbocycles. The number of fused-ring (bicyclic) bond motifs is 3. The number of nitrogens with one attached hydrogen (secondary N) is 1. The van der Waals surface area contributed by atoms with Crippen LogP contribution in [0.1, 0.15) is 18.4 Å². The summed E-state index contributed by atoms with van der Waals surface area (Å²) in [4.78, 5) is 7.30. The number of benzene rings is 3. The molecule has 5 rings (SSSR count). The molecule has 0 fully saturated rings. The first-order valence-corrected chi connectivity index (χ1v) is 9.54. The summed E-state index contributed by atoms with van der Waals surface area (Å²) in [5.74, 6) is 0.948. The van der Waals surface area contributed by atoms with Crippen LogP contribution < -0.4 is 10.2 Å². The molecule has 2 aliphatic rings. The first-order valence-electron chi connectivity index (χ1n) is 9.54. The van der Waals surface area contributed by atoms with Crippen LogP contribution >= 0.6 is 0 Å². The molecule has 0 spiro atoms. The van der Waals surface area contributed by atoms with Crippen molar-refractivity contribution in [3.8, 4) is 0 Å². The molecule has 0 aromatic heterocycles. The Morgan fingerprint density at radius 2 is 1.70 bits per heavy atom. The average molecular weight is 357 g/mol. The minimum absolute atomic E-state index is 0.0181. The lowest BCUT2D eigenvalue weighted by atomic mass is 9.89. The third-order valence-electron chi connectivity index (χ3n) is 5.64. The highest BCUT2D eigenvalue weighted by Gasteiger charge is 2.46. The molecule has 3 atom stereocenters. The number of hydrogen-bond acceptors (Lipinski definition) is 4. The fourth-order valence-corrected chi connectivity index (χ4v) is 4.41. The van der Waals surface area contributed by atoms with Crippen molar-refractivity contribution in [1.82, 2.24) is 0 Å². The Kier molecular flexibility index (Phi) is 3.78. The van der Waals surface area contributed by atoms with E-state index in [-0.39, 0.29) is 18.1 Å². The Morgan fingerprint density at radius 3 is 2.44 bits per heavy atom. The van der Waals surface area contributed by atoms with E-state index in [0.717, 1.165) is 11.6 Å². The molecule has 0 saturated heterocycles. The van der Waals surface area contributed by atoms with Crippen LogP contribution in [0, 0.1) is 0 Å². The van der Waals surface area contributed by atoms with E-state index >= 15 is 0 Å². The normalized spacial score (nSPS) is 23.4. The van der Waals surface area contributed by atoms with E-state index in [1.54, 1.807) is 0 Å². The smallest absolute Gasteiger partial charge is 0.195 e. The van der Waals surface area contributed by atoms with Gasteiger partial charge in [-0.05, 0) is 35.4 Å². The highest BCUT2D eigenvalue weighted by Crippen LogP contribution is 2.44. The maximum Gasteiger partial charge on any atom is 0.195 e. The summed E-state index contributed by atoms with van der Waals surface area (Å²) in [6.45, 7) is 2.65. The molecule has 0 amide bonds. The van der Waals surface area contributed by atoms with E-state index in [1.165, 1.54) is 22.0 Å². The number of likely N-dealkylation sites (N-methyl/N-ethyl adjacent to an activating group) is 1. The van der Waals surface area contributed by atoms with Gasteiger partial charge in [0.15, 0.2) is 5.90 Å². The van der Waals surface area contributed by atoms with Crippen molar-refractivity contribution in [3.63, 3.8) is 0 Å². The van der Waals surface area contributed by atoms with Crippen LogP contribution in [0.25, 0.3) is 10.8 Å². The van der Waals surface area contributed by atoms with Crippen LogP contribution in [0.3, 0.4) is 0 Å². The lowest BCUT2D eigenvalue weighted by Crippen LogP contribution is -2.49. The number of ether oxygens (including phenoxy) is 1. The highest BCUT2D eigenvalue weighted by molar-refractivity contribution is 5.95. The molecule has 3 aromatic carbocycles. The van der Waals surface area contributed by atoms with Gasteiger partial charge in [-0.2, -0.15) is 0 Å². The van der Waals surface area contributed by atoms with Gasteiger partial charge in [0.05, 0.1) is 29.9 Å². The lowest BCUT2D eigenvalue weighted by molar-refractivity contribution is 0.313. The zero-order chi connectivity index (χ0) is 18.4. The van der Waals surface area contributed by atoms with Crippen LogP contribution in [0.2, 0.25) is 0 Å². The van der Waals surface area contributed by atoms with Gasteiger partial charge in [0.1, 0.15) is 6.17 Å². The van der Waals surface area contributed by atoms with E-state index in [4.69, 9.17) is 9.73 Å². The molecule has 2 aliphatic heterocycles. The minimum Gasteiger partial charge on any atom is -0.481 e. The van der Waals surface area contributed by atoms with Crippen LogP contribution in [0.5, 0.6) is 0 Å². The number of anilines is 2. The number of nitrogens with zero attached hydrogens (tertiary/aromatic N) is 2. The zero-order valence-electron chi connectivity index (χ0n) is 15.6. The molecule has 1 N–H and O–H groups in total. The van der Waals surface area contributed by atoms with Crippen molar-refractivity contribution in [2.24, 2.45) is 4.99 Å². The van der Waals surface area contributed by atoms with Crippen molar-refractivity contribution in [3.05, 3.63) is 72.3 Å². The second-order valence-electron chi connectivity index (χ2n) is 7.20. The molecule has 4 nitrogen and oxygen atoms in total. The summed E-state index contributed by atoms with van der Waals surface area (Å²) in [6, 6.07) is 23.7. The van der Waals surface area contributed by atoms with Gasteiger partial charge in [-0.3, -0.25) is 0 Å². The molecular weight excluding hydrogens is 334 g/mol. The largest absolute Gasteiger partial charge is 0.481 e. The fourth-order valence-electron chi connectivity index (χ4n) is 4.41. The van der Waals surface area contributed by atoms with E-state index < -0.39 is 0 Å². The monoisotopic (exact) mass is 357 g/mol. The predicted molar refractivity (Wildman–Crippen MR) is 112 cm³/mol. The van der Waals surface area contributed by atoms with Crippen molar-refractivity contribution in [2.45, 2.75) is 25.0 Å². The van der Waals surface area contributed by atoms with Gasteiger partial charge >= 0.3 is 0 Å². The molecular formula is C23H23N3O. The lowest BCUT2D eigenvalue weighted by Gasteiger charge is -2.40. The van der Waals surface area contributed by atoms with E-state index in [9.17, 15) is 0 Å². The van der Waals surface area contributed by atoms with Crippen molar-refractivity contribution in [2.75, 3.05) is 23.9 Å². The fraction of sp³-hybridized carbons (Fsp3) is 0.261. The summed E-state index contributed by atoms with van der Waals surface area (Å²) in [5.41, 5.74) is 3.59. The molecule has 2 heterocycles. The van der Waals surface area contributed by atoms with Crippen LogP contribution in [-0.2, 0) is 4.74 Å². The Bertz CT molecular complexity index is 1010. The maximum absolute atomic E-state index is 5.97. The number of rotatable bonds is 2. The van der Waals surface area contributed by atoms with Crippen molar-refractivity contribution in [1.29, 1.82) is 0 Å². The zero-order valence-corrected chi connectivity index (χ0v) is 15.6. The Balaban J connectivity index is 1.61. The van der Waals surface area contributed by atoms with Gasteiger partial charge in [0.25, 0.3) is 0 Å². The predicted octanol–water partition coefficient (Wildman–Crippen LogP) is 4.63. The average Bonchev–Trinajstić information content (AvgIpc) is 3.06. The van der Waals surface area contributed by atoms with Crippen molar-refractivity contribution < 1.29 is 4.74 Å². The van der Waals surface area contributed by atoms with Gasteiger partial charge in [-0.15, -0.1) is 0 Å². The molecule has 3 aromatic rings. The third kappa shape index (κ3) is 2.55. The first-order chi connectivity index (χ1) is 13.3. The Hall–Kier alpha value is -3.01. The molecule has 136 valence electrons. The second kappa shape index (κ2) is 6.31. The van der Waals surface area contributed by atoms with Crippen molar-refractivity contribution >= 4 is 28.0 Å². The van der Waals surface area contributed by atoms with Gasteiger partial charge < -0.3 is 15.0 Å². The Morgan fingerprint density at radius 1 is 1.00 bits per heavy atom. The molecule has 4 heteroatoms. The van der Waals surface area contributed by atoms with Gasteiger partial charge in [-0.25, -0.2) is 4.99 Å². The summed E-state index contributed by atoms with van der Waals surface area (Å²) in [7, 11) is 2.17. The quantitative estimate of drug-likeness (QED) is 0.727. The van der Waals surface area contributed by atoms with E-state index in [2.05, 4.69) is 84.0 Å². The highest BCUT2D eigenvalue weighted by atomic mass is 16.5. The molecule has 0 bridgehead atoms. The van der Waals surface area contributed by atoms with Crippen LogP contribution in [0.4, 0.5) is 11.4 Å². The van der Waals surface area contributed by atoms with Crippen LogP contribution in [-0.4, -0.2) is 31.8 Å². The Labute approximate surface area is 159 Å². The summed E-state index contributed by atoms with van der Waals surface area (Å²) < 4.78 is 5.97. The third-order valence-corrected chi connectivity index (χ3v) is 5.64. The second-order valence-corrected chi connectivity index (χ2v) is 7.20. The molecule has 0 radical (unpaired) electrons. The number of hydrogen-bond donors (Lipinski definition) is 1. The molecule has 27 heavy (non-hydrogen) atoms. The standard InChI is InChI=1S/C23H23N3O/c1-3-27-23-20(15-9-5-4-6-10-15)21-22(25-23)24-18-13-16-11-7-8-12-17(16)14-19(18)26(21)2/h4-14,20-22,24H,3H2,1-2H3/t20-,21-,22+/m0/s1. The van der Waals surface area contributed by atoms with E-state index in [1.807, 2.05) is 6.92 Å². The summed E-state index contributed by atoms with van der Waals surface area (Å²) >= 11 is 0. The van der Waals surface area contributed by atoms with Gasteiger partial charge in [-0.1, -0.05) is 54.6 Å². The summed E-state index contributed by atoms with van der Waals surface area (Å²) in [6.07, 6.45) is -0.0181. The maximum atomic E-state index is 5.97. The van der Waals surface area contributed by atoms with Gasteiger partial charge in [0.2, 0.25) is 0 Å². The SMILES string of the molecule is CCOC1=N[C@H]2Nc3cc4ccccc4cc3N(C)[C@H]2[C@@H]1c1ccccc1. The molecule has 0 saturated carbocycles. The first kappa shape index (κ1) is 16.2. The van der Waals surface area contributed by atoms with E-state index in [0.29, 0.717) is 6.61 Å². The molecule has 0 unspecified atom stereocenters. The number of aliphatic imine (C=N–C) groups is 1. The van der Waals surface area contributed by atoms with Crippen LogP contribution in [0.15, 0.2) is 71.7 Å². The summed E-state index contributed by atoms with van der Waals surface area (Å²) in [5, 5.41) is 6.15.